The van der Waals surface area contributed by atoms with Crippen molar-refractivity contribution in [3.05, 3.63) is 54.1 Å². The van der Waals surface area contributed by atoms with Crippen molar-refractivity contribution >= 4 is 17.3 Å². The van der Waals surface area contributed by atoms with Gasteiger partial charge in [-0.05, 0) is 100.0 Å². The lowest BCUT2D eigenvalue weighted by atomic mass is 9.90. The van der Waals surface area contributed by atoms with Gasteiger partial charge < -0.3 is 19.9 Å². The van der Waals surface area contributed by atoms with Crippen LogP contribution in [0.25, 0.3) is 0 Å². The molecular formula is C27H37N3O2. The van der Waals surface area contributed by atoms with Gasteiger partial charge >= 0.3 is 0 Å². The van der Waals surface area contributed by atoms with Crippen molar-refractivity contribution in [3.63, 3.8) is 0 Å². The van der Waals surface area contributed by atoms with Crippen LogP contribution in [0.2, 0.25) is 0 Å². The number of rotatable bonds is 7. The van der Waals surface area contributed by atoms with E-state index in [-0.39, 0.29) is 5.91 Å². The minimum Gasteiger partial charge on any atom is -0.497 e. The largest absolute Gasteiger partial charge is 0.497 e. The van der Waals surface area contributed by atoms with Crippen LogP contribution in [0.3, 0.4) is 0 Å². The number of amides is 1. The van der Waals surface area contributed by atoms with Crippen molar-refractivity contribution in [2.75, 3.05) is 43.5 Å². The Balaban J connectivity index is 1.15. The number of hydrogen-bond donors (Lipinski definition) is 1. The molecule has 5 heteroatoms. The number of hydrogen-bond acceptors (Lipinski definition) is 4. The monoisotopic (exact) mass is 435 g/mol. The molecule has 2 aliphatic heterocycles. The Hall–Kier alpha value is -2.53. The van der Waals surface area contributed by atoms with Crippen LogP contribution in [0.15, 0.2) is 48.5 Å². The summed E-state index contributed by atoms with van der Waals surface area (Å²) in [5.41, 5.74) is 3.38. The van der Waals surface area contributed by atoms with E-state index in [1.807, 2.05) is 43.3 Å². The molecule has 2 aromatic rings. The maximum absolute atomic E-state index is 12.3. The summed E-state index contributed by atoms with van der Waals surface area (Å²) in [7, 11) is 1.71. The maximum atomic E-state index is 12.3. The number of nitrogens with one attached hydrogen (secondary N) is 1. The van der Waals surface area contributed by atoms with Gasteiger partial charge in [0.15, 0.2) is 0 Å². The Kier molecular flexibility index (Phi) is 7.69. The molecule has 32 heavy (non-hydrogen) atoms. The van der Waals surface area contributed by atoms with Crippen molar-refractivity contribution in [2.24, 2.45) is 5.92 Å². The van der Waals surface area contributed by atoms with Crippen LogP contribution in [0.4, 0.5) is 11.4 Å². The summed E-state index contributed by atoms with van der Waals surface area (Å²) in [6.45, 7) is 6.65. The molecule has 2 saturated heterocycles. The van der Waals surface area contributed by atoms with Gasteiger partial charge in [0.25, 0.3) is 0 Å². The average Bonchev–Trinajstić information content (AvgIpc) is 2.83. The maximum Gasteiger partial charge on any atom is 0.224 e. The highest BCUT2D eigenvalue weighted by molar-refractivity contribution is 5.90. The van der Waals surface area contributed by atoms with E-state index in [1.54, 1.807) is 7.11 Å². The molecule has 0 aromatic heterocycles. The SMILES string of the molecule is COc1ccc(N2CCC(N3CCC(CCC(=O)Nc4cccc(C)c4)CC3)CC2)cc1. The Morgan fingerprint density at radius 1 is 1.00 bits per heavy atom. The second-order valence-electron chi connectivity index (χ2n) is 9.35. The van der Waals surface area contributed by atoms with E-state index in [1.165, 1.54) is 50.0 Å². The van der Waals surface area contributed by atoms with E-state index in [0.29, 0.717) is 18.4 Å². The van der Waals surface area contributed by atoms with Crippen LogP contribution < -0.4 is 15.0 Å². The number of aryl methyl sites for hydroxylation is 1. The highest BCUT2D eigenvalue weighted by atomic mass is 16.5. The van der Waals surface area contributed by atoms with Gasteiger partial charge in [0, 0.05) is 36.9 Å². The molecule has 1 amide bonds. The number of carbonyl (C=O) groups excluding carboxylic acids is 1. The van der Waals surface area contributed by atoms with Gasteiger partial charge in [-0.15, -0.1) is 0 Å². The van der Waals surface area contributed by atoms with Gasteiger partial charge in [-0.25, -0.2) is 0 Å². The molecule has 2 aromatic carbocycles. The molecule has 1 N–H and O–H groups in total. The molecule has 2 heterocycles. The molecule has 0 unspecified atom stereocenters. The fraction of sp³-hybridized carbons (Fsp3) is 0.519. The van der Waals surface area contributed by atoms with E-state index in [9.17, 15) is 4.79 Å². The van der Waals surface area contributed by atoms with Crippen molar-refractivity contribution < 1.29 is 9.53 Å². The number of piperidine rings is 2. The van der Waals surface area contributed by atoms with Crippen LogP contribution in [0.5, 0.6) is 5.75 Å². The van der Waals surface area contributed by atoms with Crippen LogP contribution in [0, 0.1) is 12.8 Å². The van der Waals surface area contributed by atoms with Crippen LogP contribution >= 0.6 is 0 Å². The molecule has 0 radical (unpaired) electrons. The molecule has 0 saturated carbocycles. The van der Waals surface area contributed by atoms with Gasteiger partial charge in [-0.3, -0.25) is 4.79 Å². The quantitative estimate of drug-likeness (QED) is 0.657. The normalized spacial score (nSPS) is 18.5. The van der Waals surface area contributed by atoms with Crippen LogP contribution in [-0.2, 0) is 4.79 Å². The topological polar surface area (TPSA) is 44.8 Å². The predicted octanol–water partition coefficient (Wildman–Crippen LogP) is 5.10. The summed E-state index contributed by atoms with van der Waals surface area (Å²) in [6.07, 6.45) is 6.53. The van der Waals surface area contributed by atoms with E-state index < -0.39 is 0 Å². The van der Waals surface area contributed by atoms with Gasteiger partial charge in [0.1, 0.15) is 5.75 Å². The first-order valence-electron chi connectivity index (χ1n) is 12.1. The first kappa shape index (κ1) is 22.7. The zero-order valence-corrected chi connectivity index (χ0v) is 19.6. The summed E-state index contributed by atoms with van der Waals surface area (Å²) in [5.74, 6) is 1.73. The minimum absolute atomic E-state index is 0.143. The first-order chi connectivity index (χ1) is 15.6. The third kappa shape index (κ3) is 6.04. The standard InChI is InChI=1S/C27H37N3O2/c1-21-4-3-5-23(20-21)28-27(31)11-6-22-12-16-29(17-13-22)25-14-18-30(19-15-25)24-7-9-26(32-2)10-8-24/h3-5,7-10,20,22,25H,6,11-19H2,1-2H3,(H,28,31). The number of ether oxygens (including phenoxy) is 1. The molecule has 0 spiro atoms. The summed E-state index contributed by atoms with van der Waals surface area (Å²) >= 11 is 0. The molecule has 2 aliphatic rings. The molecule has 5 nitrogen and oxygen atoms in total. The van der Waals surface area contributed by atoms with Crippen molar-refractivity contribution in [1.82, 2.24) is 4.90 Å². The van der Waals surface area contributed by atoms with E-state index >= 15 is 0 Å². The molecule has 0 aliphatic carbocycles. The highest BCUT2D eigenvalue weighted by Gasteiger charge is 2.28. The van der Waals surface area contributed by atoms with Crippen molar-refractivity contribution in [2.45, 2.75) is 51.5 Å². The zero-order valence-electron chi connectivity index (χ0n) is 19.6. The summed E-state index contributed by atoms with van der Waals surface area (Å²) in [4.78, 5) is 17.5. The first-order valence-corrected chi connectivity index (χ1v) is 12.1. The number of nitrogens with zero attached hydrogens (tertiary/aromatic N) is 2. The summed E-state index contributed by atoms with van der Waals surface area (Å²) in [6, 6.07) is 17.2. The fourth-order valence-corrected chi connectivity index (χ4v) is 5.17. The summed E-state index contributed by atoms with van der Waals surface area (Å²) < 4.78 is 5.28. The Morgan fingerprint density at radius 3 is 2.38 bits per heavy atom. The van der Waals surface area contributed by atoms with E-state index in [0.717, 1.165) is 30.9 Å². The second kappa shape index (κ2) is 10.9. The van der Waals surface area contributed by atoms with Gasteiger partial charge in [0.2, 0.25) is 5.91 Å². The van der Waals surface area contributed by atoms with Gasteiger partial charge in [0.05, 0.1) is 7.11 Å². The molecule has 2 fully saturated rings. The number of benzene rings is 2. The fourth-order valence-electron chi connectivity index (χ4n) is 5.17. The number of likely N-dealkylation sites (tertiary alicyclic amines) is 1. The lowest BCUT2D eigenvalue weighted by molar-refractivity contribution is -0.116. The molecule has 4 rings (SSSR count). The second-order valence-corrected chi connectivity index (χ2v) is 9.35. The minimum atomic E-state index is 0.143. The average molecular weight is 436 g/mol. The van der Waals surface area contributed by atoms with E-state index in [2.05, 4.69) is 27.2 Å². The Morgan fingerprint density at radius 2 is 1.72 bits per heavy atom. The van der Waals surface area contributed by atoms with Crippen LogP contribution in [0.1, 0.15) is 44.1 Å². The Bertz CT molecular complexity index is 867. The number of methoxy groups -OCH3 is 1. The van der Waals surface area contributed by atoms with Crippen molar-refractivity contribution in [1.29, 1.82) is 0 Å². The highest BCUT2D eigenvalue weighted by Crippen LogP contribution is 2.29. The third-order valence-electron chi connectivity index (χ3n) is 7.15. The van der Waals surface area contributed by atoms with Crippen molar-refractivity contribution in [3.8, 4) is 5.75 Å². The Labute approximate surface area is 192 Å². The molecule has 172 valence electrons. The number of anilines is 2. The lowest BCUT2D eigenvalue weighted by Crippen LogP contribution is -2.47. The third-order valence-corrected chi connectivity index (χ3v) is 7.15. The summed E-state index contributed by atoms with van der Waals surface area (Å²) in [5, 5.41) is 3.05. The molecular weight excluding hydrogens is 398 g/mol. The van der Waals surface area contributed by atoms with Gasteiger partial charge in [-0.2, -0.15) is 0 Å². The van der Waals surface area contributed by atoms with Crippen LogP contribution in [-0.4, -0.2) is 50.1 Å². The zero-order chi connectivity index (χ0) is 22.3. The molecule has 0 atom stereocenters. The lowest BCUT2D eigenvalue weighted by Gasteiger charge is -2.42. The van der Waals surface area contributed by atoms with E-state index in [4.69, 9.17) is 4.74 Å². The van der Waals surface area contributed by atoms with Gasteiger partial charge in [-0.1, -0.05) is 12.1 Å². The number of carbonyl (C=O) groups is 1. The smallest absolute Gasteiger partial charge is 0.224 e. The predicted molar refractivity (Wildman–Crippen MR) is 132 cm³/mol. The molecule has 0 bridgehead atoms.